The number of rotatable bonds is 2. The van der Waals surface area contributed by atoms with Crippen LogP contribution in [0.15, 0.2) is 9.81 Å². The summed E-state index contributed by atoms with van der Waals surface area (Å²) in [6.45, 7) is 1.49. The fourth-order valence-electron chi connectivity index (χ4n) is 0.431. The highest BCUT2D eigenvalue weighted by Gasteiger charge is 2.03. The van der Waals surface area contributed by atoms with Gasteiger partial charge in [0.1, 0.15) is 4.49 Å². The number of allylic oxidation sites excluding steroid dienone is 1. The van der Waals surface area contributed by atoms with Gasteiger partial charge in [0.15, 0.2) is 0 Å². The Bertz CT molecular complexity index is 191. The summed E-state index contributed by atoms with van der Waals surface area (Å²) in [5.41, 5.74) is 0. The first-order chi connectivity index (χ1) is 4.39. The zero-order valence-electron chi connectivity index (χ0n) is 5.13. The van der Waals surface area contributed by atoms with Crippen LogP contribution in [-0.2, 0) is 4.57 Å². The SMILES string of the molecule is CCC(=C(Cl)Cl)P(=O)([O-])[O-]. The third-order valence-corrected chi connectivity index (χ3v) is 2.80. The molecular formula is C4H5Cl2O3P-2. The van der Waals surface area contributed by atoms with Crippen molar-refractivity contribution in [3.8, 4) is 0 Å². The molecule has 0 aromatic carbocycles. The molecule has 0 unspecified atom stereocenters. The Kier molecular flexibility index (Phi) is 3.92. The van der Waals surface area contributed by atoms with Gasteiger partial charge in [-0.1, -0.05) is 30.1 Å². The monoisotopic (exact) mass is 202 g/mol. The van der Waals surface area contributed by atoms with Gasteiger partial charge in [-0.15, -0.1) is 0 Å². The van der Waals surface area contributed by atoms with E-state index in [-0.39, 0.29) is 6.42 Å². The first-order valence-corrected chi connectivity index (χ1v) is 4.76. The first kappa shape index (κ1) is 10.5. The molecule has 0 radical (unpaired) electrons. The van der Waals surface area contributed by atoms with Gasteiger partial charge < -0.3 is 14.4 Å². The molecule has 0 saturated carbocycles. The van der Waals surface area contributed by atoms with E-state index in [1.165, 1.54) is 6.92 Å². The highest BCUT2D eigenvalue weighted by Crippen LogP contribution is 2.42. The quantitative estimate of drug-likeness (QED) is 0.627. The second kappa shape index (κ2) is 3.74. The third-order valence-electron chi connectivity index (χ3n) is 0.884. The standard InChI is InChI=1S/C4H7Cl2O3P/c1-2-3(4(5)6)10(7,8)9/h2H2,1H3,(H2,7,8,9)/p-2. The summed E-state index contributed by atoms with van der Waals surface area (Å²) in [7, 11) is -4.72. The summed E-state index contributed by atoms with van der Waals surface area (Å²) >= 11 is 10.2. The molecule has 0 rings (SSSR count). The molecule has 0 aliphatic rings. The largest absolute Gasteiger partial charge is 0.808 e. The molecule has 0 saturated heterocycles. The van der Waals surface area contributed by atoms with E-state index in [4.69, 9.17) is 23.2 Å². The van der Waals surface area contributed by atoms with Crippen molar-refractivity contribution < 1.29 is 14.4 Å². The fraction of sp³-hybridized carbons (Fsp3) is 0.500. The topological polar surface area (TPSA) is 63.2 Å². The lowest BCUT2D eigenvalue weighted by Crippen LogP contribution is -2.15. The van der Waals surface area contributed by atoms with Crippen molar-refractivity contribution in [2.24, 2.45) is 0 Å². The zero-order valence-corrected chi connectivity index (χ0v) is 7.54. The van der Waals surface area contributed by atoms with E-state index in [0.717, 1.165) is 0 Å². The molecule has 6 heteroatoms. The smallest absolute Gasteiger partial charge is 0.111 e. The maximum Gasteiger partial charge on any atom is 0.111 e. The van der Waals surface area contributed by atoms with Crippen LogP contribution in [-0.4, -0.2) is 0 Å². The predicted molar refractivity (Wildman–Crippen MR) is 36.6 cm³/mol. The van der Waals surface area contributed by atoms with Crippen LogP contribution in [0.1, 0.15) is 13.3 Å². The van der Waals surface area contributed by atoms with Crippen LogP contribution in [0.5, 0.6) is 0 Å². The van der Waals surface area contributed by atoms with Crippen LogP contribution in [0.3, 0.4) is 0 Å². The molecule has 0 aliphatic heterocycles. The molecule has 0 aromatic heterocycles. The first-order valence-electron chi connectivity index (χ1n) is 2.46. The van der Waals surface area contributed by atoms with Gasteiger partial charge in [-0.3, -0.25) is 0 Å². The lowest BCUT2D eigenvalue weighted by atomic mass is 10.5. The van der Waals surface area contributed by atoms with Gasteiger partial charge in [0, 0.05) is 0 Å². The molecular weight excluding hydrogens is 198 g/mol. The molecule has 0 bridgehead atoms. The van der Waals surface area contributed by atoms with Crippen molar-refractivity contribution >= 4 is 30.8 Å². The van der Waals surface area contributed by atoms with Crippen LogP contribution in [0.25, 0.3) is 0 Å². The van der Waals surface area contributed by atoms with Crippen LogP contribution in [0.2, 0.25) is 0 Å². The molecule has 0 aliphatic carbocycles. The van der Waals surface area contributed by atoms with E-state index < -0.39 is 17.4 Å². The van der Waals surface area contributed by atoms with Crippen molar-refractivity contribution in [2.45, 2.75) is 13.3 Å². The number of halogens is 2. The summed E-state index contributed by atoms with van der Waals surface area (Å²) in [6, 6.07) is 0. The molecule has 10 heavy (non-hydrogen) atoms. The van der Waals surface area contributed by atoms with Gasteiger partial charge in [-0.25, -0.2) is 0 Å². The van der Waals surface area contributed by atoms with E-state index in [2.05, 4.69) is 0 Å². The molecule has 0 aromatic rings. The number of hydrogen-bond donors (Lipinski definition) is 0. The Morgan fingerprint density at radius 3 is 1.90 bits per heavy atom. The van der Waals surface area contributed by atoms with Crippen LogP contribution in [0, 0.1) is 0 Å². The summed E-state index contributed by atoms with van der Waals surface area (Å²) in [5.74, 6) is 0. The minimum Gasteiger partial charge on any atom is -0.808 e. The Morgan fingerprint density at radius 2 is 1.90 bits per heavy atom. The maximum atomic E-state index is 10.2. The average molecular weight is 203 g/mol. The van der Waals surface area contributed by atoms with E-state index in [9.17, 15) is 14.4 Å². The Labute approximate surface area is 68.8 Å². The minimum absolute atomic E-state index is 0.0343. The van der Waals surface area contributed by atoms with Gasteiger partial charge in [0.25, 0.3) is 0 Å². The van der Waals surface area contributed by atoms with Crippen molar-refractivity contribution in [2.75, 3.05) is 0 Å². The van der Waals surface area contributed by atoms with Crippen molar-refractivity contribution in [3.63, 3.8) is 0 Å². The van der Waals surface area contributed by atoms with E-state index >= 15 is 0 Å². The highest BCUT2D eigenvalue weighted by molar-refractivity contribution is 7.53. The van der Waals surface area contributed by atoms with E-state index in [1.54, 1.807) is 0 Å². The van der Waals surface area contributed by atoms with Gasteiger partial charge in [0.05, 0.1) is 0 Å². The minimum atomic E-state index is -4.72. The molecule has 3 nitrogen and oxygen atoms in total. The highest BCUT2D eigenvalue weighted by atomic mass is 35.5. The Morgan fingerprint density at radius 1 is 1.50 bits per heavy atom. The lowest BCUT2D eigenvalue weighted by molar-refractivity contribution is -0.310. The number of hydrogen-bond acceptors (Lipinski definition) is 3. The second-order valence-corrected chi connectivity index (χ2v) is 4.04. The van der Waals surface area contributed by atoms with Crippen molar-refractivity contribution in [1.29, 1.82) is 0 Å². The van der Waals surface area contributed by atoms with E-state index in [0.29, 0.717) is 0 Å². The summed E-state index contributed by atoms with van der Waals surface area (Å²) in [4.78, 5) is 20.5. The van der Waals surface area contributed by atoms with Crippen molar-refractivity contribution in [1.82, 2.24) is 0 Å². The molecule has 0 spiro atoms. The van der Waals surface area contributed by atoms with Crippen LogP contribution in [0.4, 0.5) is 0 Å². The van der Waals surface area contributed by atoms with Gasteiger partial charge in [-0.2, -0.15) is 0 Å². The molecule has 0 N–H and O–H groups in total. The maximum absolute atomic E-state index is 10.2. The fourth-order valence-corrected chi connectivity index (χ4v) is 1.91. The van der Waals surface area contributed by atoms with Gasteiger partial charge >= 0.3 is 0 Å². The lowest BCUT2D eigenvalue weighted by Gasteiger charge is -2.31. The van der Waals surface area contributed by atoms with Crippen LogP contribution < -0.4 is 9.79 Å². The molecule has 60 valence electrons. The van der Waals surface area contributed by atoms with E-state index in [1.807, 2.05) is 0 Å². The Balaban J connectivity index is 4.73. The van der Waals surface area contributed by atoms with Gasteiger partial charge in [-0.05, 0) is 19.3 Å². The zero-order chi connectivity index (χ0) is 8.36. The molecule has 0 amide bonds. The van der Waals surface area contributed by atoms with Gasteiger partial charge in [0.2, 0.25) is 0 Å². The summed E-state index contributed by atoms with van der Waals surface area (Å²) in [5, 5.41) is -0.434. The molecule has 0 heterocycles. The third kappa shape index (κ3) is 3.04. The summed E-state index contributed by atoms with van der Waals surface area (Å²) < 4.78 is 9.79. The second-order valence-electron chi connectivity index (χ2n) is 1.56. The molecule has 0 fully saturated rings. The van der Waals surface area contributed by atoms with Crippen LogP contribution >= 0.6 is 30.8 Å². The van der Waals surface area contributed by atoms with Crippen molar-refractivity contribution in [3.05, 3.63) is 9.81 Å². The summed E-state index contributed by atoms with van der Waals surface area (Å²) in [6.07, 6.45) is 0.0343. The average Bonchev–Trinajstić information content (AvgIpc) is 1.60. The normalized spacial score (nSPS) is 11.3. The predicted octanol–water partition coefficient (Wildman–Crippen LogP) is 0.957. The molecule has 0 atom stereocenters. The Hall–Kier alpha value is 0.470.